The first-order valence-corrected chi connectivity index (χ1v) is 3.74. The third-order valence-corrected chi connectivity index (χ3v) is 2.65. The maximum absolute atomic E-state index is 5.32. The zero-order chi connectivity index (χ0) is 5.28. The SMILES string of the molecule is NC(=S)C1CSC1. The molecule has 0 radical (unpaired) electrons. The topological polar surface area (TPSA) is 26.0 Å². The molecule has 3 heteroatoms. The minimum absolute atomic E-state index is 0.556. The fourth-order valence-corrected chi connectivity index (χ4v) is 1.61. The van der Waals surface area contributed by atoms with Gasteiger partial charge in [0.25, 0.3) is 0 Å². The fourth-order valence-electron chi connectivity index (χ4n) is 0.400. The zero-order valence-electron chi connectivity index (χ0n) is 3.89. The van der Waals surface area contributed by atoms with E-state index in [1.807, 2.05) is 11.8 Å². The summed E-state index contributed by atoms with van der Waals surface area (Å²) in [5.41, 5.74) is 5.32. The normalized spacial score (nSPS) is 21.1. The molecule has 1 aliphatic rings. The minimum atomic E-state index is 0.556. The van der Waals surface area contributed by atoms with E-state index in [4.69, 9.17) is 18.0 Å². The smallest absolute Gasteiger partial charge is 0.0775 e. The van der Waals surface area contributed by atoms with Gasteiger partial charge in [-0.05, 0) is 0 Å². The van der Waals surface area contributed by atoms with Gasteiger partial charge in [0, 0.05) is 17.4 Å². The summed E-state index contributed by atoms with van der Waals surface area (Å²) in [7, 11) is 0. The van der Waals surface area contributed by atoms with Gasteiger partial charge in [-0.3, -0.25) is 0 Å². The van der Waals surface area contributed by atoms with Gasteiger partial charge in [-0.1, -0.05) is 12.2 Å². The Bertz CT molecular complexity index is 87.7. The monoisotopic (exact) mass is 133 g/mol. The highest BCUT2D eigenvalue weighted by Crippen LogP contribution is 2.24. The molecule has 0 atom stereocenters. The highest BCUT2D eigenvalue weighted by Gasteiger charge is 2.19. The molecule has 2 N–H and O–H groups in total. The van der Waals surface area contributed by atoms with Gasteiger partial charge in [-0.25, -0.2) is 0 Å². The summed E-state index contributed by atoms with van der Waals surface area (Å²) in [6.07, 6.45) is 0. The number of thiocarbonyl (C=S) groups is 1. The first-order valence-electron chi connectivity index (χ1n) is 2.18. The highest BCUT2D eigenvalue weighted by atomic mass is 32.2. The molecule has 0 bridgehead atoms. The third kappa shape index (κ3) is 1.07. The lowest BCUT2D eigenvalue weighted by molar-refractivity contribution is 0.872. The molecule has 1 heterocycles. The number of thioether (sulfide) groups is 1. The van der Waals surface area contributed by atoms with Crippen LogP contribution in [0.3, 0.4) is 0 Å². The summed E-state index contributed by atoms with van der Waals surface area (Å²) in [5.74, 6) is 2.85. The molecule has 0 aliphatic carbocycles. The van der Waals surface area contributed by atoms with Crippen LogP contribution < -0.4 is 5.73 Å². The molecule has 1 fully saturated rings. The van der Waals surface area contributed by atoms with E-state index in [0.717, 1.165) is 11.5 Å². The van der Waals surface area contributed by atoms with Crippen LogP contribution in [0.4, 0.5) is 0 Å². The van der Waals surface area contributed by atoms with Crippen molar-refractivity contribution in [3.05, 3.63) is 0 Å². The number of hydrogen-bond acceptors (Lipinski definition) is 2. The average molecular weight is 133 g/mol. The minimum Gasteiger partial charge on any atom is -0.393 e. The predicted octanol–water partition coefficient (Wildman–Crippen LogP) is 0.636. The summed E-state index contributed by atoms with van der Waals surface area (Å²) in [5, 5.41) is 0. The van der Waals surface area contributed by atoms with Gasteiger partial charge >= 0.3 is 0 Å². The van der Waals surface area contributed by atoms with E-state index < -0.39 is 0 Å². The maximum atomic E-state index is 5.32. The Morgan fingerprint density at radius 1 is 1.71 bits per heavy atom. The first kappa shape index (κ1) is 5.38. The van der Waals surface area contributed by atoms with Crippen LogP contribution >= 0.6 is 24.0 Å². The van der Waals surface area contributed by atoms with Crippen LogP contribution in [0.25, 0.3) is 0 Å². The molecular formula is C4H7NS2. The van der Waals surface area contributed by atoms with Crippen molar-refractivity contribution in [1.29, 1.82) is 0 Å². The summed E-state index contributed by atoms with van der Waals surface area (Å²) < 4.78 is 0. The maximum Gasteiger partial charge on any atom is 0.0775 e. The van der Waals surface area contributed by atoms with Crippen molar-refractivity contribution in [3.63, 3.8) is 0 Å². The molecule has 0 unspecified atom stereocenters. The van der Waals surface area contributed by atoms with E-state index in [-0.39, 0.29) is 0 Å². The number of nitrogens with two attached hydrogens (primary N) is 1. The van der Waals surface area contributed by atoms with Crippen LogP contribution in [0.2, 0.25) is 0 Å². The van der Waals surface area contributed by atoms with Crippen molar-refractivity contribution in [3.8, 4) is 0 Å². The van der Waals surface area contributed by atoms with Gasteiger partial charge < -0.3 is 5.73 Å². The van der Waals surface area contributed by atoms with Gasteiger partial charge in [0.15, 0.2) is 0 Å². The van der Waals surface area contributed by atoms with Crippen LogP contribution in [-0.4, -0.2) is 16.5 Å². The second-order valence-corrected chi connectivity index (χ2v) is 3.18. The fraction of sp³-hybridized carbons (Fsp3) is 0.750. The quantitative estimate of drug-likeness (QED) is 0.531. The summed E-state index contributed by atoms with van der Waals surface area (Å²) in [6.45, 7) is 0. The lowest BCUT2D eigenvalue weighted by atomic mass is 10.2. The van der Waals surface area contributed by atoms with Gasteiger partial charge in [-0.2, -0.15) is 11.8 Å². The van der Waals surface area contributed by atoms with E-state index in [1.165, 1.54) is 0 Å². The Labute approximate surface area is 52.7 Å². The molecule has 1 rings (SSSR count). The summed E-state index contributed by atoms with van der Waals surface area (Å²) in [4.78, 5) is 0.693. The molecule has 1 nitrogen and oxygen atoms in total. The van der Waals surface area contributed by atoms with E-state index in [2.05, 4.69) is 0 Å². The Hall–Kier alpha value is 0.240. The van der Waals surface area contributed by atoms with Crippen molar-refractivity contribution in [1.82, 2.24) is 0 Å². The molecule has 7 heavy (non-hydrogen) atoms. The van der Waals surface area contributed by atoms with Crippen molar-refractivity contribution in [2.24, 2.45) is 11.7 Å². The van der Waals surface area contributed by atoms with E-state index in [9.17, 15) is 0 Å². The number of rotatable bonds is 1. The van der Waals surface area contributed by atoms with Crippen LogP contribution in [0, 0.1) is 5.92 Å². The standard InChI is InChI=1S/C4H7NS2/c5-4(6)3-1-7-2-3/h3H,1-2H2,(H2,5,6). The van der Waals surface area contributed by atoms with E-state index >= 15 is 0 Å². The van der Waals surface area contributed by atoms with Crippen molar-refractivity contribution in [2.75, 3.05) is 11.5 Å². The summed E-state index contributed by atoms with van der Waals surface area (Å²) >= 11 is 6.64. The molecule has 0 saturated carbocycles. The lowest BCUT2D eigenvalue weighted by Gasteiger charge is -2.22. The van der Waals surface area contributed by atoms with Crippen molar-refractivity contribution >= 4 is 29.0 Å². The van der Waals surface area contributed by atoms with E-state index in [0.29, 0.717) is 10.9 Å². The molecule has 1 aliphatic heterocycles. The Balaban J connectivity index is 2.27. The lowest BCUT2D eigenvalue weighted by Crippen LogP contribution is -2.31. The van der Waals surface area contributed by atoms with Crippen LogP contribution in [-0.2, 0) is 0 Å². The molecule has 0 spiro atoms. The van der Waals surface area contributed by atoms with Crippen LogP contribution in [0.15, 0.2) is 0 Å². The molecule has 40 valence electrons. The average Bonchev–Trinajstić information content (AvgIpc) is 1.23. The predicted molar refractivity (Wildman–Crippen MR) is 37.6 cm³/mol. The first-order chi connectivity index (χ1) is 3.30. The summed E-state index contributed by atoms with van der Waals surface area (Å²) in [6, 6.07) is 0. The van der Waals surface area contributed by atoms with Gasteiger partial charge in [-0.15, -0.1) is 0 Å². The Kier molecular flexibility index (Phi) is 1.54. The molecule has 0 aromatic carbocycles. The molecule has 0 aromatic rings. The zero-order valence-corrected chi connectivity index (χ0v) is 5.52. The second-order valence-electron chi connectivity index (χ2n) is 1.64. The second kappa shape index (κ2) is 2.01. The highest BCUT2D eigenvalue weighted by molar-refractivity contribution is 8.00. The Morgan fingerprint density at radius 2 is 2.29 bits per heavy atom. The molecule has 0 amide bonds. The third-order valence-electron chi connectivity index (χ3n) is 1.04. The van der Waals surface area contributed by atoms with Gasteiger partial charge in [0.2, 0.25) is 0 Å². The van der Waals surface area contributed by atoms with Gasteiger partial charge in [0.05, 0.1) is 4.99 Å². The molecular weight excluding hydrogens is 126 g/mol. The number of hydrogen-bond donors (Lipinski definition) is 1. The van der Waals surface area contributed by atoms with Gasteiger partial charge in [0.1, 0.15) is 0 Å². The molecule has 1 saturated heterocycles. The van der Waals surface area contributed by atoms with Crippen molar-refractivity contribution in [2.45, 2.75) is 0 Å². The largest absolute Gasteiger partial charge is 0.393 e. The Morgan fingerprint density at radius 3 is 2.29 bits per heavy atom. The van der Waals surface area contributed by atoms with E-state index in [1.54, 1.807) is 0 Å². The van der Waals surface area contributed by atoms with Crippen LogP contribution in [0.1, 0.15) is 0 Å². The molecule has 0 aromatic heterocycles. The van der Waals surface area contributed by atoms with Crippen molar-refractivity contribution < 1.29 is 0 Å². The van der Waals surface area contributed by atoms with Crippen LogP contribution in [0.5, 0.6) is 0 Å².